The van der Waals surface area contributed by atoms with Crippen LogP contribution in [0.15, 0.2) is 29.1 Å². The topological polar surface area (TPSA) is 82.8 Å². The summed E-state index contributed by atoms with van der Waals surface area (Å²) in [5.74, 6) is 0.513. The van der Waals surface area contributed by atoms with Crippen molar-refractivity contribution in [3.05, 3.63) is 51.2 Å². The fraction of sp³-hybridized carbons (Fsp3) is 0.143. The summed E-state index contributed by atoms with van der Waals surface area (Å²) in [6, 6.07) is 5.87. The highest BCUT2D eigenvalue weighted by Crippen LogP contribution is 2.37. The first-order chi connectivity index (χ1) is 10.6. The van der Waals surface area contributed by atoms with E-state index in [-0.39, 0.29) is 18.1 Å². The Balaban J connectivity index is 1.73. The number of ether oxygens (including phenoxy) is 1. The van der Waals surface area contributed by atoms with E-state index in [2.05, 4.69) is 20.3 Å². The number of H-pyrrole nitrogens is 2. The summed E-state index contributed by atoms with van der Waals surface area (Å²) in [6.07, 6.45) is 0. The number of halogens is 2. The molecule has 112 valence electrons. The number of aromatic nitrogens is 3. The maximum absolute atomic E-state index is 14.0. The summed E-state index contributed by atoms with van der Waals surface area (Å²) < 4.78 is 19.4. The molecule has 6 nitrogen and oxygen atoms in total. The molecule has 1 aliphatic rings. The molecule has 8 heteroatoms. The smallest absolute Gasteiger partial charge is 0.325 e. The second-order valence-corrected chi connectivity index (χ2v) is 5.36. The quantitative estimate of drug-likeness (QED) is 0.678. The summed E-state index contributed by atoms with van der Waals surface area (Å²) in [5, 5.41) is 3.39. The van der Waals surface area contributed by atoms with Gasteiger partial charge in [-0.3, -0.25) is 4.98 Å². The van der Waals surface area contributed by atoms with Crippen LogP contribution in [-0.4, -0.2) is 21.6 Å². The summed E-state index contributed by atoms with van der Waals surface area (Å²) in [4.78, 5) is 20.7. The molecule has 1 atom stereocenters. The minimum atomic E-state index is -0.399. The van der Waals surface area contributed by atoms with Crippen LogP contribution in [0.4, 0.5) is 10.2 Å². The Morgan fingerprint density at radius 1 is 1.41 bits per heavy atom. The van der Waals surface area contributed by atoms with Crippen LogP contribution < -0.4 is 15.7 Å². The Morgan fingerprint density at radius 3 is 3.14 bits per heavy atom. The lowest BCUT2D eigenvalue weighted by atomic mass is 10.1. The van der Waals surface area contributed by atoms with Gasteiger partial charge in [0, 0.05) is 0 Å². The molecule has 22 heavy (non-hydrogen) atoms. The molecule has 1 aliphatic heterocycles. The SMILES string of the molecule is O=c1[nH]c2cc(Cl)c(NC3COc4cccc(F)c43)nc2[nH]1. The molecule has 0 bridgehead atoms. The third kappa shape index (κ3) is 2.01. The van der Waals surface area contributed by atoms with Gasteiger partial charge < -0.3 is 15.0 Å². The van der Waals surface area contributed by atoms with E-state index in [1.54, 1.807) is 18.2 Å². The molecule has 0 fully saturated rings. The third-order valence-electron chi connectivity index (χ3n) is 3.53. The third-order valence-corrected chi connectivity index (χ3v) is 3.82. The predicted molar refractivity (Wildman–Crippen MR) is 80.0 cm³/mol. The van der Waals surface area contributed by atoms with E-state index < -0.39 is 6.04 Å². The zero-order valence-corrected chi connectivity index (χ0v) is 11.9. The van der Waals surface area contributed by atoms with Crippen molar-refractivity contribution < 1.29 is 9.13 Å². The lowest BCUT2D eigenvalue weighted by Crippen LogP contribution is -2.14. The number of aromatic amines is 2. The minimum absolute atomic E-state index is 0.274. The first-order valence-electron chi connectivity index (χ1n) is 6.58. The van der Waals surface area contributed by atoms with Gasteiger partial charge in [0.05, 0.1) is 22.1 Å². The minimum Gasteiger partial charge on any atom is -0.491 e. The van der Waals surface area contributed by atoms with Crippen LogP contribution in [0, 0.1) is 5.82 Å². The number of fused-ring (bicyclic) bond motifs is 2. The second-order valence-electron chi connectivity index (χ2n) is 4.95. The van der Waals surface area contributed by atoms with Crippen molar-refractivity contribution in [1.29, 1.82) is 0 Å². The average molecular weight is 321 g/mol. The number of anilines is 1. The molecule has 0 radical (unpaired) electrons. The van der Waals surface area contributed by atoms with Crippen molar-refractivity contribution in [3.63, 3.8) is 0 Å². The van der Waals surface area contributed by atoms with Crippen LogP contribution in [0.2, 0.25) is 5.02 Å². The highest BCUT2D eigenvalue weighted by Gasteiger charge is 2.28. The molecule has 1 aromatic carbocycles. The van der Waals surface area contributed by atoms with Gasteiger partial charge in [-0.2, -0.15) is 0 Å². The van der Waals surface area contributed by atoms with E-state index in [9.17, 15) is 9.18 Å². The number of pyridine rings is 1. The van der Waals surface area contributed by atoms with Gasteiger partial charge in [-0.15, -0.1) is 0 Å². The highest BCUT2D eigenvalue weighted by molar-refractivity contribution is 6.33. The van der Waals surface area contributed by atoms with Crippen LogP contribution in [0.5, 0.6) is 5.75 Å². The fourth-order valence-electron chi connectivity index (χ4n) is 2.56. The fourth-order valence-corrected chi connectivity index (χ4v) is 2.76. The number of rotatable bonds is 2. The van der Waals surface area contributed by atoms with Crippen molar-refractivity contribution in [2.24, 2.45) is 0 Å². The zero-order valence-electron chi connectivity index (χ0n) is 11.1. The molecule has 3 N–H and O–H groups in total. The van der Waals surface area contributed by atoms with Gasteiger partial charge >= 0.3 is 5.69 Å². The molecule has 0 amide bonds. The van der Waals surface area contributed by atoms with Crippen molar-refractivity contribution in [2.75, 3.05) is 11.9 Å². The summed E-state index contributed by atoms with van der Waals surface area (Å²) in [7, 11) is 0. The molecular formula is C14H10ClFN4O2. The normalized spacial score (nSPS) is 16.5. The monoisotopic (exact) mass is 320 g/mol. The van der Waals surface area contributed by atoms with Crippen molar-refractivity contribution in [1.82, 2.24) is 15.0 Å². The molecular weight excluding hydrogens is 311 g/mol. The standard InChI is InChI=1S/C14H10ClFN4O2/c15-6-4-8-13(20-14(21)18-8)19-12(6)17-9-5-22-10-3-1-2-7(16)11(9)10/h1-4,9H,5H2,(H3,17,18,19,20,21). The molecule has 4 rings (SSSR count). The van der Waals surface area contributed by atoms with Crippen LogP contribution in [0.1, 0.15) is 11.6 Å². The van der Waals surface area contributed by atoms with E-state index in [1.807, 2.05) is 0 Å². The summed E-state index contributed by atoms with van der Waals surface area (Å²) in [5.41, 5.74) is 0.971. The Hall–Kier alpha value is -2.54. The number of imidazole rings is 1. The largest absolute Gasteiger partial charge is 0.491 e. The Morgan fingerprint density at radius 2 is 2.27 bits per heavy atom. The van der Waals surface area contributed by atoms with Gasteiger partial charge in [-0.25, -0.2) is 14.2 Å². The number of hydrogen-bond donors (Lipinski definition) is 3. The van der Waals surface area contributed by atoms with Crippen LogP contribution in [0.3, 0.4) is 0 Å². The van der Waals surface area contributed by atoms with E-state index in [4.69, 9.17) is 16.3 Å². The molecule has 1 unspecified atom stereocenters. The van der Waals surface area contributed by atoms with E-state index in [0.717, 1.165) is 0 Å². The molecule has 3 aromatic rings. The average Bonchev–Trinajstić information content (AvgIpc) is 3.03. The van der Waals surface area contributed by atoms with Crippen LogP contribution in [-0.2, 0) is 0 Å². The van der Waals surface area contributed by atoms with Crippen LogP contribution >= 0.6 is 11.6 Å². The summed E-state index contributed by atoms with van der Waals surface area (Å²) in [6.45, 7) is 0.274. The number of nitrogens with zero attached hydrogens (tertiary/aromatic N) is 1. The second kappa shape index (κ2) is 4.74. The Kier molecular flexibility index (Phi) is 2.83. The van der Waals surface area contributed by atoms with E-state index >= 15 is 0 Å². The van der Waals surface area contributed by atoms with Gasteiger partial charge in [0.25, 0.3) is 0 Å². The van der Waals surface area contributed by atoms with Gasteiger partial charge in [-0.05, 0) is 18.2 Å². The highest BCUT2D eigenvalue weighted by atomic mass is 35.5. The first kappa shape index (κ1) is 13.1. The number of hydrogen-bond acceptors (Lipinski definition) is 4. The first-order valence-corrected chi connectivity index (χ1v) is 6.96. The zero-order chi connectivity index (χ0) is 15.3. The molecule has 0 aliphatic carbocycles. The molecule has 2 aromatic heterocycles. The van der Waals surface area contributed by atoms with Gasteiger partial charge in [0.1, 0.15) is 24.0 Å². The molecule has 0 spiro atoms. The van der Waals surface area contributed by atoms with E-state index in [1.165, 1.54) is 6.07 Å². The maximum Gasteiger partial charge on any atom is 0.325 e. The lowest BCUT2D eigenvalue weighted by molar-refractivity contribution is 0.339. The van der Waals surface area contributed by atoms with Gasteiger partial charge in [0.2, 0.25) is 0 Å². The molecule has 0 saturated carbocycles. The summed E-state index contributed by atoms with van der Waals surface area (Å²) >= 11 is 6.16. The van der Waals surface area contributed by atoms with E-state index in [0.29, 0.717) is 33.3 Å². The van der Waals surface area contributed by atoms with Crippen molar-refractivity contribution in [2.45, 2.75) is 6.04 Å². The number of benzene rings is 1. The Labute approximate surface area is 128 Å². The van der Waals surface area contributed by atoms with Crippen LogP contribution in [0.25, 0.3) is 11.2 Å². The molecule has 3 heterocycles. The number of nitrogens with one attached hydrogen (secondary N) is 3. The van der Waals surface area contributed by atoms with Gasteiger partial charge in [0.15, 0.2) is 5.65 Å². The van der Waals surface area contributed by atoms with Gasteiger partial charge in [-0.1, -0.05) is 17.7 Å². The van der Waals surface area contributed by atoms with Crippen molar-refractivity contribution in [3.8, 4) is 5.75 Å². The lowest BCUT2D eigenvalue weighted by Gasteiger charge is -2.14. The predicted octanol–water partition coefficient (Wildman–Crippen LogP) is 2.59. The van der Waals surface area contributed by atoms with Crippen molar-refractivity contribution >= 4 is 28.6 Å². The molecule has 0 saturated heterocycles. The Bertz CT molecular complexity index is 936. The maximum atomic E-state index is 14.0.